The van der Waals surface area contributed by atoms with Gasteiger partial charge in [0, 0.05) is 23.8 Å². The predicted molar refractivity (Wildman–Crippen MR) is 84.0 cm³/mol. The van der Waals surface area contributed by atoms with Gasteiger partial charge in [0.1, 0.15) is 5.70 Å². The minimum Gasteiger partial charge on any atom is -0.258 e. The van der Waals surface area contributed by atoms with Crippen LogP contribution in [0.15, 0.2) is 47.1 Å². The highest BCUT2D eigenvalue weighted by molar-refractivity contribution is 5.85. The fourth-order valence-electron chi connectivity index (χ4n) is 2.00. The number of halogens is 6. The average molecular weight is 380 g/mol. The van der Waals surface area contributed by atoms with E-state index in [2.05, 4.69) is 11.6 Å². The summed E-state index contributed by atoms with van der Waals surface area (Å²) in [4.78, 5) is 13.4. The minimum absolute atomic E-state index is 0.114. The molecule has 0 aromatic heterocycles. The van der Waals surface area contributed by atoms with Gasteiger partial charge in [0.05, 0.1) is 10.5 Å². The van der Waals surface area contributed by atoms with Crippen LogP contribution in [0.2, 0.25) is 0 Å². The molecule has 0 bridgehead atoms. The van der Waals surface area contributed by atoms with Crippen molar-refractivity contribution in [2.45, 2.75) is 32.6 Å². The molecule has 0 saturated carbocycles. The van der Waals surface area contributed by atoms with Crippen molar-refractivity contribution in [2.24, 2.45) is 4.99 Å². The van der Waals surface area contributed by atoms with Crippen LogP contribution in [0.25, 0.3) is 0 Å². The van der Waals surface area contributed by atoms with Crippen LogP contribution in [0.1, 0.15) is 18.1 Å². The van der Waals surface area contributed by atoms with E-state index in [1.54, 1.807) is 0 Å². The Morgan fingerprint density at radius 2 is 1.81 bits per heavy atom. The third-order valence-corrected chi connectivity index (χ3v) is 3.19. The van der Waals surface area contributed by atoms with Gasteiger partial charge in [-0.1, -0.05) is 12.6 Å². The second-order valence-electron chi connectivity index (χ2n) is 5.45. The van der Waals surface area contributed by atoms with Crippen molar-refractivity contribution in [3.8, 4) is 0 Å². The molecule has 0 spiro atoms. The summed E-state index contributed by atoms with van der Waals surface area (Å²) < 4.78 is 76.0. The van der Waals surface area contributed by atoms with E-state index >= 15 is 0 Å². The van der Waals surface area contributed by atoms with E-state index in [0.29, 0.717) is 11.1 Å². The van der Waals surface area contributed by atoms with E-state index in [1.807, 2.05) is 0 Å². The van der Waals surface area contributed by atoms with Crippen LogP contribution < -0.4 is 0 Å². The molecular formula is C16H14F6N2O2. The zero-order chi connectivity index (χ0) is 20.3. The molecule has 1 rings (SSSR count). The quantitative estimate of drug-likeness (QED) is 0.224. The number of aryl methyl sites for hydroxylation is 1. The normalized spacial score (nSPS) is 13.7. The van der Waals surface area contributed by atoms with E-state index in [9.17, 15) is 36.5 Å². The molecule has 0 amide bonds. The van der Waals surface area contributed by atoms with Gasteiger partial charge in [-0.3, -0.25) is 15.1 Å². The number of alkyl halides is 6. The van der Waals surface area contributed by atoms with Crippen LogP contribution >= 0.6 is 0 Å². The van der Waals surface area contributed by atoms with Crippen molar-refractivity contribution in [1.29, 1.82) is 0 Å². The Kier molecular flexibility index (Phi) is 6.34. The number of aliphatic imine (C=N–C) groups is 1. The summed E-state index contributed by atoms with van der Waals surface area (Å²) in [5.41, 5.74) is -2.93. The first kappa shape index (κ1) is 21.4. The van der Waals surface area contributed by atoms with E-state index in [4.69, 9.17) is 0 Å². The van der Waals surface area contributed by atoms with Crippen molar-refractivity contribution in [2.75, 3.05) is 0 Å². The van der Waals surface area contributed by atoms with Gasteiger partial charge in [-0.15, -0.1) is 0 Å². The SMILES string of the molecule is C=C(/C=C(\N=C(C)Cc1ccc([N+](=O)[O-])c(C)c1)C(F)(F)F)C(F)(F)F. The third-order valence-electron chi connectivity index (χ3n) is 3.19. The molecule has 0 aliphatic carbocycles. The maximum atomic E-state index is 12.9. The summed E-state index contributed by atoms with van der Waals surface area (Å²) in [7, 11) is 0. The van der Waals surface area contributed by atoms with Crippen LogP contribution in [0.5, 0.6) is 0 Å². The molecule has 142 valence electrons. The Morgan fingerprint density at radius 3 is 2.23 bits per heavy atom. The molecule has 0 heterocycles. The van der Waals surface area contributed by atoms with Gasteiger partial charge in [0.15, 0.2) is 0 Å². The number of rotatable bonds is 5. The fraction of sp³-hybridized carbons (Fsp3) is 0.312. The molecule has 26 heavy (non-hydrogen) atoms. The highest BCUT2D eigenvalue weighted by atomic mass is 19.4. The van der Waals surface area contributed by atoms with E-state index in [1.165, 1.54) is 32.0 Å². The summed E-state index contributed by atoms with van der Waals surface area (Å²) in [6.45, 7) is 5.25. The van der Waals surface area contributed by atoms with Crippen LogP contribution in [0.3, 0.4) is 0 Å². The zero-order valence-electron chi connectivity index (χ0n) is 13.7. The number of nitro benzene ring substituents is 1. The number of nitro groups is 1. The summed E-state index contributed by atoms with van der Waals surface area (Å²) in [5.74, 6) is 0. The van der Waals surface area contributed by atoms with Crippen LogP contribution in [-0.4, -0.2) is 23.0 Å². The van der Waals surface area contributed by atoms with Gasteiger partial charge in [0.25, 0.3) is 5.69 Å². The Morgan fingerprint density at radius 1 is 1.23 bits per heavy atom. The van der Waals surface area contributed by atoms with Gasteiger partial charge in [-0.2, -0.15) is 26.3 Å². The monoisotopic (exact) mass is 380 g/mol. The Labute approximate surface area is 144 Å². The first-order valence-electron chi connectivity index (χ1n) is 7.05. The molecule has 1 aromatic carbocycles. The van der Waals surface area contributed by atoms with Crippen LogP contribution in [-0.2, 0) is 6.42 Å². The fourth-order valence-corrected chi connectivity index (χ4v) is 2.00. The van der Waals surface area contributed by atoms with E-state index < -0.39 is 28.5 Å². The highest BCUT2D eigenvalue weighted by Gasteiger charge is 2.37. The molecule has 0 radical (unpaired) electrons. The smallest absolute Gasteiger partial charge is 0.258 e. The minimum atomic E-state index is -5.10. The van der Waals surface area contributed by atoms with Crippen molar-refractivity contribution in [1.82, 2.24) is 0 Å². The van der Waals surface area contributed by atoms with Gasteiger partial charge >= 0.3 is 12.4 Å². The standard InChI is InChI=1S/C16H14F6N2O2/c1-9-6-12(4-5-13(9)24(25)26)8-11(3)23-14(16(20,21)22)7-10(2)15(17,18)19/h4-7H,2,8H2,1,3H3/b14-7-,23-11?. The molecule has 0 aliphatic rings. The number of nitrogens with zero attached hydrogens (tertiary/aromatic N) is 2. The first-order valence-corrected chi connectivity index (χ1v) is 7.05. The molecule has 0 atom stereocenters. The maximum Gasteiger partial charge on any atom is 0.433 e. The lowest BCUT2D eigenvalue weighted by Crippen LogP contribution is -2.16. The third kappa shape index (κ3) is 6.01. The van der Waals surface area contributed by atoms with Crippen LogP contribution in [0, 0.1) is 17.0 Å². The molecule has 4 nitrogen and oxygen atoms in total. The molecule has 0 saturated heterocycles. The second-order valence-corrected chi connectivity index (χ2v) is 5.45. The largest absolute Gasteiger partial charge is 0.433 e. The molecule has 0 unspecified atom stereocenters. The predicted octanol–water partition coefficient (Wildman–Crippen LogP) is 5.47. The Balaban J connectivity index is 3.15. The average Bonchev–Trinajstić information content (AvgIpc) is 2.43. The molecule has 0 fully saturated rings. The molecule has 1 aromatic rings. The van der Waals surface area contributed by atoms with E-state index in [0.717, 1.165) is 0 Å². The van der Waals surface area contributed by atoms with Gasteiger partial charge in [-0.05, 0) is 31.6 Å². The first-order chi connectivity index (χ1) is 11.7. The zero-order valence-corrected chi connectivity index (χ0v) is 13.7. The molecular weight excluding hydrogens is 366 g/mol. The highest BCUT2D eigenvalue weighted by Crippen LogP contribution is 2.32. The number of hydrogen-bond acceptors (Lipinski definition) is 3. The lowest BCUT2D eigenvalue weighted by atomic mass is 10.1. The lowest BCUT2D eigenvalue weighted by molar-refractivity contribution is -0.385. The number of allylic oxidation sites excluding steroid dienone is 3. The topological polar surface area (TPSA) is 55.5 Å². The van der Waals surface area contributed by atoms with Gasteiger partial charge < -0.3 is 0 Å². The Hall–Kier alpha value is -2.65. The van der Waals surface area contributed by atoms with Crippen molar-refractivity contribution in [3.63, 3.8) is 0 Å². The van der Waals surface area contributed by atoms with Crippen LogP contribution in [0.4, 0.5) is 32.0 Å². The maximum absolute atomic E-state index is 12.9. The summed E-state index contributed by atoms with van der Waals surface area (Å²) in [6, 6.07) is 3.95. The van der Waals surface area contributed by atoms with Gasteiger partial charge in [0.2, 0.25) is 0 Å². The Bertz CT molecular complexity index is 776. The number of hydrogen-bond donors (Lipinski definition) is 0. The summed E-state index contributed by atoms with van der Waals surface area (Å²) in [5, 5.41) is 10.7. The molecule has 0 N–H and O–H groups in total. The molecule has 0 aliphatic heterocycles. The second kappa shape index (κ2) is 7.71. The van der Waals surface area contributed by atoms with E-state index in [-0.39, 0.29) is 23.9 Å². The lowest BCUT2D eigenvalue weighted by Gasteiger charge is -2.12. The number of benzene rings is 1. The molecule has 10 heteroatoms. The van der Waals surface area contributed by atoms with Gasteiger partial charge in [-0.25, -0.2) is 0 Å². The van der Waals surface area contributed by atoms with Crippen molar-refractivity contribution < 1.29 is 31.3 Å². The van der Waals surface area contributed by atoms with Crippen molar-refractivity contribution in [3.05, 3.63) is 63.4 Å². The van der Waals surface area contributed by atoms with Crippen molar-refractivity contribution >= 4 is 11.4 Å². The summed E-state index contributed by atoms with van der Waals surface area (Å²) in [6.07, 6.45) is -10.4. The summed E-state index contributed by atoms with van der Waals surface area (Å²) >= 11 is 0.